The number of rotatable bonds is 3. The summed E-state index contributed by atoms with van der Waals surface area (Å²) >= 11 is 0. The Morgan fingerprint density at radius 1 is 0.362 bits per heavy atom. The summed E-state index contributed by atoms with van der Waals surface area (Å²) in [6.07, 6.45) is -27.3. The van der Waals surface area contributed by atoms with E-state index >= 15 is 0 Å². The number of carbonyl (C=O) groups is 6. The third kappa shape index (κ3) is 11.6. The monoisotopic (exact) mass is 1370 g/mol. The van der Waals surface area contributed by atoms with E-state index in [1.807, 2.05) is 72.8 Å². The predicted molar refractivity (Wildman–Crippen MR) is 269 cm³/mol. The van der Waals surface area contributed by atoms with Crippen LogP contribution in [0.5, 0.6) is 34.5 Å². The number of benzene rings is 5. The standard InChI is InChI=1S/C14H8BO6.C12H8BO4.C7H5N2.C6F18P.C4BN4.C4BO8/c16-13-9-5-1-3-7-11(9)18-15(20-13)19-12-8-4-2-6-10(12)14(17)21-15;1-2-6-10-9(5-1)14-13(15-10)16-11-7-3-4-8-12(11)17-13;1-2-4-7-6(3-1)8-5-9-7;7-1(8,9)4(16,17)25(22,23,24,5(18,19)2(10,11)12)6(20,21)3(13,14)15;6-1-5(2-7,3-8)4-9;6-1-2(7)11-5(10-1)12-3(8)4(9)13-5/h1-8H;1-8H;1-5H;;;/q6*-1. The fourth-order valence-electron chi connectivity index (χ4n) is 7.59. The van der Waals surface area contributed by atoms with E-state index in [2.05, 4.69) is 28.6 Å². The summed E-state index contributed by atoms with van der Waals surface area (Å²) in [5.41, 5.74) is -26.8. The molecule has 0 atom stereocenters. The summed E-state index contributed by atoms with van der Waals surface area (Å²) in [5.74, 6) is 1.62. The molecule has 47 heteroatoms. The number of carbonyl (C=O) groups excluding carboxylic acids is 6. The van der Waals surface area contributed by atoms with Crippen LogP contribution in [0.1, 0.15) is 20.7 Å². The minimum absolute atomic E-state index is 0.251. The molecule has 6 aliphatic heterocycles. The molecule has 0 radical (unpaired) electrons. The Bertz CT molecular complexity index is 3850. The van der Waals surface area contributed by atoms with E-state index in [9.17, 15) is 107 Å². The van der Waals surface area contributed by atoms with Crippen molar-refractivity contribution in [3.8, 4) is 58.4 Å². The number of nitriles is 4. The fraction of sp³-hybridized carbons (Fsp3) is 0.128. The van der Waals surface area contributed by atoms with Gasteiger partial charge in [0.2, 0.25) is 0 Å². The van der Waals surface area contributed by atoms with Gasteiger partial charge in [-0.3, -0.25) is 9.59 Å². The molecular weight excluding hydrogens is 1350 g/mol. The Kier molecular flexibility index (Phi) is 17.4. The number of fused-ring (bicyclic) bond motifs is 5. The van der Waals surface area contributed by atoms with Crippen LogP contribution in [0.15, 0.2) is 128 Å². The first-order valence-electron chi connectivity index (χ1n) is 24.4. The van der Waals surface area contributed by atoms with E-state index in [1.165, 1.54) is 23.9 Å². The summed E-state index contributed by atoms with van der Waals surface area (Å²) in [7, 11) is 0. The molecule has 6 aliphatic rings. The predicted octanol–water partition coefficient (Wildman–Crippen LogP) is 9.98. The molecule has 2 saturated heterocycles. The second-order valence-corrected chi connectivity index (χ2v) is 22.7. The molecule has 3 spiro atoms. The number of hydrogen-bond acceptors (Lipinski definition) is 23. The first-order valence-corrected chi connectivity index (χ1v) is 26.8. The van der Waals surface area contributed by atoms with Gasteiger partial charge in [-0.15, -0.1) is 23.9 Å². The quantitative estimate of drug-likeness (QED) is 0.0688. The average molecular weight is 1370 g/mol. The summed E-state index contributed by atoms with van der Waals surface area (Å²) in [6, 6.07) is 35.6. The van der Waals surface area contributed by atoms with Crippen molar-refractivity contribution in [2.45, 2.75) is 35.5 Å². The van der Waals surface area contributed by atoms with Crippen LogP contribution in [0, 0.1) is 44.9 Å². The van der Waals surface area contributed by atoms with Crippen LogP contribution >= 0.6 is 6.88 Å². The largest absolute Gasteiger partial charge is 0.786 e. The summed E-state index contributed by atoms with van der Waals surface area (Å²) in [5, 5.41) is 32.3. The van der Waals surface area contributed by atoms with Crippen LogP contribution in [0.25, 0.3) is 11.0 Å². The van der Waals surface area contributed by atoms with Gasteiger partial charge < -0.3 is 65.8 Å². The van der Waals surface area contributed by atoms with Gasteiger partial charge in [0.1, 0.15) is 23.0 Å². The number of halogens is 18. The van der Waals surface area contributed by atoms with Crippen LogP contribution in [0.2, 0.25) is 0 Å². The molecular formula is C47H21B4F18N6O18P-6. The smallest absolute Gasteiger partial charge is 0.610 e. The number of nitrogens with zero attached hydrogens (tertiary/aromatic N) is 6. The molecule has 0 bridgehead atoms. The SMILES string of the molecule is FC(F)(F)C(F)(F)[P-](F)(F)(F)(C(F)(F)C(F)(F)F)C(F)(F)C(F)(F)F.N#C[B-](C#N)(C#N)C#N.O=C1O[B-]2(OC(=O)c3ccccc3O2)Oc2ccccc21.O=C1O[B-]2(OC1=O)OC(=O)C(=O)O2.c1ccc2[n-]cnc2c1.c1ccc2c(c1)O[B-]1(O2)Oc2ccccc2O1. The van der Waals surface area contributed by atoms with E-state index < -0.39 is 105 Å². The fourth-order valence-corrected chi connectivity index (χ4v) is 10.3. The zero-order chi connectivity index (χ0) is 70.2. The maximum absolute atomic E-state index is 15.0. The van der Waals surface area contributed by atoms with Crippen molar-refractivity contribution in [3.05, 3.63) is 139 Å². The molecule has 6 aromatic rings. The maximum atomic E-state index is 13.4. The van der Waals surface area contributed by atoms with E-state index in [1.54, 1.807) is 54.9 Å². The van der Waals surface area contributed by atoms with Gasteiger partial charge in [-0.05, 0) is 59.6 Å². The van der Waals surface area contributed by atoms with Crippen molar-refractivity contribution in [3.63, 3.8) is 0 Å². The minimum atomic E-state index is -15.0. The van der Waals surface area contributed by atoms with Crippen molar-refractivity contribution in [2.24, 2.45) is 0 Å². The molecule has 1 aromatic heterocycles. The van der Waals surface area contributed by atoms with Gasteiger partial charge in [-0.1, -0.05) is 79.1 Å². The molecule has 2 fully saturated rings. The molecule has 94 heavy (non-hydrogen) atoms. The van der Waals surface area contributed by atoms with E-state index in [0.717, 1.165) is 11.0 Å². The van der Waals surface area contributed by atoms with E-state index in [-0.39, 0.29) is 22.6 Å². The zero-order valence-corrected chi connectivity index (χ0v) is 45.6. The van der Waals surface area contributed by atoms with Gasteiger partial charge in [-0.2, -0.15) is 0 Å². The van der Waals surface area contributed by atoms with Crippen LogP contribution < -0.4 is 32.9 Å². The third-order valence-corrected chi connectivity index (χ3v) is 16.6. The molecule has 496 valence electrons. The Balaban J connectivity index is 0.000000165. The summed E-state index contributed by atoms with van der Waals surface area (Å²) in [6.45, 7) is -23.5. The first kappa shape index (κ1) is 70.0. The number of aromatic nitrogens is 2. The molecule has 7 heterocycles. The topological polar surface area (TPSA) is 335 Å². The zero-order valence-electron chi connectivity index (χ0n) is 44.7. The first-order chi connectivity index (χ1) is 43.3. The Hall–Kier alpha value is -11.4. The van der Waals surface area contributed by atoms with Gasteiger partial charge in [-0.25, -0.2) is 40.2 Å². The molecule has 0 saturated carbocycles. The minimum Gasteiger partial charge on any atom is -0.610 e. The molecule has 0 amide bonds. The van der Waals surface area contributed by atoms with Crippen molar-refractivity contribution in [1.82, 2.24) is 9.97 Å². The second-order valence-electron chi connectivity index (χ2n) is 18.4. The molecule has 24 nitrogen and oxygen atoms in total. The van der Waals surface area contributed by atoms with Crippen molar-refractivity contribution >= 4 is 80.7 Å². The molecule has 12 rings (SSSR count). The average Bonchev–Trinajstić information content (AvgIpc) is 0.716. The van der Waals surface area contributed by atoms with Gasteiger partial charge in [0.25, 0.3) is 0 Å². The van der Waals surface area contributed by atoms with Crippen molar-refractivity contribution in [2.75, 3.05) is 0 Å². The van der Waals surface area contributed by atoms with Crippen LogP contribution in [0.4, 0.5) is 78.4 Å². The Morgan fingerprint density at radius 3 is 0.894 bits per heavy atom. The summed E-state index contributed by atoms with van der Waals surface area (Å²) < 4.78 is 283. The third-order valence-electron chi connectivity index (χ3n) is 12.3. The Morgan fingerprint density at radius 2 is 0.606 bits per heavy atom. The van der Waals surface area contributed by atoms with Gasteiger partial charge in [0.15, 0.2) is 0 Å². The summed E-state index contributed by atoms with van der Waals surface area (Å²) in [4.78, 5) is 74.0. The van der Waals surface area contributed by atoms with Gasteiger partial charge >= 0.3 is 184 Å². The second kappa shape index (κ2) is 23.4. The maximum Gasteiger partial charge on any atom is 0.786 e. The van der Waals surface area contributed by atoms with Crippen LogP contribution in [0.3, 0.4) is 0 Å². The van der Waals surface area contributed by atoms with E-state index in [4.69, 9.17) is 58.3 Å². The molecule has 5 aromatic carbocycles. The molecule has 0 unspecified atom stereocenters. The molecule has 0 N–H and O–H groups in total. The van der Waals surface area contributed by atoms with Crippen LogP contribution in [-0.4, -0.2) is 103 Å². The number of imidazole rings is 1. The van der Waals surface area contributed by atoms with Crippen molar-refractivity contribution < 1.29 is 163 Å². The van der Waals surface area contributed by atoms with Crippen molar-refractivity contribution in [1.29, 1.82) is 21.0 Å². The van der Waals surface area contributed by atoms with Crippen LogP contribution in [-0.2, 0) is 47.1 Å². The number of hydrogen-bond donors (Lipinski definition) is 0. The molecule has 0 aliphatic carbocycles. The number of alkyl halides is 15. The van der Waals surface area contributed by atoms with E-state index in [0.29, 0.717) is 23.0 Å². The normalized spacial score (nSPS) is 17.3. The van der Waals surface area contributed by atoms with Gasteiger partial charge in [0, 0.05) is 0 Å². The van der Waals surface area contributed by atoms with Gasteiger partial charge in [0.05, 0.1) is 22.6 Å². The number of para-hydroxylation sites is 8. The Labute approximate surface area is 506 Å².